The minimum atomic E-state index is 0.276. The standard InChI is InChI=1S/C10H9Cl2N3O/c1-6-13-14-10(12)15(6)8-5-7(11)3-4-9(8)16-2/h3-5H,1-2H3. The van der Waals surface area contributed by atoms with Gasteiger partial charge in [0.1, 0.15) is 11.6 Å². The van der Waals surface area contributed by atoms with Crippen LogP contribution < -0.4 is 4.74 Å². The lowest BCUT2D eigenvalue weighted by molar-refractivity contribution is 0.412. The van der Waals surface area contributed by atoms with E-state index in [4.69, 9.17) is 27.9 Å². The third-order valence-electron chi connectivity index (χ3n) is 2.17. The Morgan fingerprint density at radius 2 is 2.00 bits per heavy atom. The average molecular weight is 258 g/mol. The first kappa shape index (κ1) is 11.2. The van der Waals surface area contributed by atoms with Gasteiger partial charge in [0.2, 0.25) is 5.28 Å². The minimum absolute atomic E-state index is 0.276. The summed E-state index contributed by atoms with van der Waals surface area (Å²) in [7, 11) is 1.58. The van der Waals surface area contributed by atoms with Crippen molar-refractivity contribution in [1.82, 2.24) is 14.8 Å². The molecule has 0 radical (unpaired) electrons. The highest BCUT2D eigenvalue weighted by Crippen LogP contribution is 2.29. The number of aromatic nitrogens is 3. The van der Waals surface area contributed by atoms with Gasteiger partial charge in [-0.3, -0.25) is 4.57 Å². The van der Waals surface area contributed by atoms with Crippen molar-refractivity contribution in [2.24, 2.45) is 0 Å². The summed E-state index contributed by atoms with van der Waals surface area (Å²) in [5, 5.41) is 8.53. The van der Waals surface area contributed by atoms with Crippen molar-refractivity contribution in [3.8, 4) is 11.4 Å². The van der Waals surface area contributed by atoms with Crippen molar-refractivity contribution in [3.05, 3.63) is 34.3 Å². The van der Waals surface area contributed by atoms with E-state index in [1.165, 1.54) is 0 Å². The van der Waals surface area contributed by atoms with Gasteiger partial charge in [-0.1, -0.05) is 11.6 Å². The van der Waals surface area contributed by atoms with E-state index >= 15 is 0 Å². The predicted octanol–water partition coefficient (Wildman–Crippen LogP) is 2.89. The highest BCUT2D eigenvalue weighted by molar-refractivity contribution is 6.31. The molecular weight excluding hydrogens is 249 g/mol. The summed E-state index contributed by atoms with van der Waals surface area (Å²) in [6.07, 6.45) is 0. The molecule has 0 atom stereocenters. The first-order chi connectivity index (χ1) is 7.63. The fourth-order valence-corrected chi connectivity index (χ4v) is 1.87. The van der Waals surface area contributed by atoms with Gasteiger partial charge in [-0.25, -0.2) is 0 Å². The molecule has 0 N–H and O–H groups in total. The summed E-state index contributed by atoms with van der Waals surface area (Å²) in [5.74, 6) is 1.33. The van der Waals surface area contributed by atoms with Crippen molar-refractivity contribution in [1.29, 1.82) is 0 Å². The van der Waals surface area contributed by atoms with E-state index in [1.54, 1.807) is 36.8 Å². The number of aryl methyl sites for hydroxylation is 1. The first-order valence-corrected chi connectivity index (χ1v) is 5.30. The van der Waals surface area contributed by atoms with Crippen LogP contribution in [0.4, 0.5) is 0 Å². The summed E-state index contributed by atoms with van der Waals surface area (Å²) in [4.78, 5) is 0. The molecule has 4 nitrogen and oxygen atoms in total. The van der Waals surface area contributed by atoms with E-state index in [9.17, 15) is 0 Å². The summed E-state index contributed by atoms with van der Waals surface area (Å²) in [5.41, 5.74) is 0.725. The fourth-order valence-electron chi connectivity index (χ4n) is 1.45. The van der Waals surface area contributed by atoms with Crippen LogP contribution in [0.15, 0.2) is 18.2 Å². The molecule has 0 aliphatic heterocycles. The van der Waals surface area contributed by atoms with Crippen LogP contribution >= 0.6 is 23.2 Å². The topological polar surface area (TPSA) is 39.9 Å². The Bertz CT molecular complexity index is 505. The molecule has 2 rings (SSSR count). The summed E-state index contributed by atoms with van der Waals surface area (Å²) >= 11 is 11.9. The van der Waals surface area contributed by atoms with Crippen molar-refractivity contribution in [2.75, 3.05) is 7.11 Å². The van der Waals surface area contributed by atoms with Crippen LogP contribution in [0.1, 0.15) is 5.82 Å². The summed E-state index contributed by atoms with van der Waals surface area (Å²) < 4.78 is 6.91. The smallest absolute Gasteiger partial charge is 0.229 e. The lowest BCUT2D eigenvalue weighted by Crippen LogP contribution is -2.00. The monoisotopic (exact) mass is 257 g/mol. The van der Waals surface area contributed by atoms with E-state index in [2.05, 4.69) is 10.2 Å². The maximum atomic E-state index is 5.95. The zero-order valence-electron chi connectivity index (χ0n) is 8.74. The fraction of sp³-hybridized carbons (Fsp3) is 0.200. The Kier molecular flexibility index (Phi) is 3.03. The molecule has 84 valence electrons. The van der Waals surface area contributed by atoms with E-state index in [1.807, 2.05) is 0 Å². The molecule has 0 aliphatic carbocycles. The van der Waals surface area contributed by atoms with Crippen LogP contribution in [0, 0.1) is 6.92 Å². The van der Waals surface area contributed by atoms with Crippen LogP contribution in [0.25, 0.3) is 5.69 Å². The third-order valence-corrected chi connectivity index (χ3v) is 2.65. The van der Waals surface area contributed by atoms with Crippen molar-refractivity contribution in [3.63, 3.8) is 0 Å². The van der Waals surface area contributed by atoms with Crippen LogP contribution in [-0.4, -0.2) is 21.9 Å². The van der Waals surface area contributed by atoms with Gasteiger partial charge < -0.3 is 4.74 Å². The second-order valence-corrected chi connectivity index (χ2v) is 3.94. The number of halogens is 2. The van der Waals surface area contributed by atoms with Gasteiger partial charge in [0, 0.05) is 5.02 Å². The summed E-state index contributed by atoms with van der Waals surface area (Å²) in [6, 6.07) is 5.27. The van der Waals surface area contributed by atoms with Gasteiger partial charge in [0.25, 0.3) is 0 Å². The number of hydrogen-bond acceptors (Lipinski definition) is 3. The number of benzene rings is 1. The van der Waals surface area contributed by atoms with Gasteiger partial charge in [-0.2, -0.15) is 0 Å². The molecule has 0 saturated heterocycles. The normalized spacial score (nSPS) is 10.5. The second kappa shape index (κ2) is 4.31. The molecule has 16 heavy (non-hydrogen) atoms. The summed E-state index contributed by atoms with van der Waals surface area (Å²) in [6.45, 7) is 1.80. The SMILES string of the molecule is COc1ccc(Cl)cc1-n1c(C)nnc1Cl. The van der Waals surface area contributed by atoms with E-state index in [0.29, 0.717) is 16.6 Å². The number of methoxy groups -OCH3 is 1. The van der Waals surface area contributed by atoms with Crippen molar-refractivity contribution < 1.29 is 4.74 Å². The molecule has 2 aromatic rings. The minimum Gasteiger partial charge on any atom is -0.495 e. The van der Waals surface area contributed by atoms with E-state index in [0.717, 1.165) is 5.69 Å². The molecule has 6 heteroatoms. The average Bonchev–Trinajstić information content (AvgIpc) is 2.58. The number of hydrogen-bond donors (Lipinski definition) is 0. The van der Waals surface area contributed by atoms with Gasteiger partial charge in [0.05, 0.1) is 12.8 Å². The van der Waals surface area contributed by atoms with Crippen LogP contribution in [-0.2, 0) is 0 Å². The Labute approximate surface area is 103 Å². The molecule has 0 amide bonds. The Morgan fingerprint density at radius 3 is 2.56 bits per heavy atom. The molecule has 0 bridgehead atoms. The molecule has 1 heterocycles. The second-order valence-electron chi connectivity index (χ2n) is 3.17. The zero-order chi connectivity index (χ0) is 11.7. The Hall–Kier alpha value is -1.26. The molecule has 1 aromatic heterocycles. The maximum absolute atomic E-state index is 5.95. The lowest BCUT2D eigenvalue weighted by atomic mass is 10.3. The predicted molar refractivity (Wildman–Crippen MR) is 62.7 cm³/mol. The van der Waals surface area contributed by atoms with Crippen LogP contribution in [0.5, 0.6) is 5.75 Å². The van der Waals surface area contributed by atoms with Crippen molar-refractivity contribution >= 4 is 23.2 Å². The van der Waals surface area contributed by atoms with Gasteiger partial charge >= 0.3 is 0 Å². The number of nitrogens with zero attached hydrogens (tertiary/aromatic N) is 3. The number of ether oxygens (including phenoxy) is 1. The molecule has 0 unspecified atom stereocenters. The largest absolute Gasteiger partial charge is 0.495 e. The highest BCUT2D eigenvalue weighted by Gasteiger charge is 2.13. The first-order valence-electron chi connectivity index (χ1n) is 4.55. The zero-order valence-corrected chi connectivity index (χ0v) is 10.2. The Balaban J connectivity index is 2.67. The van der Waals surface area contributed by atoms with E-state index < -0.39 is 0 Å². The van der Waals surface area contributed by atoms with Crippen LogP contribution in [0.3, 0.4) is 0 Å². The third kappa shape index (κ3) is 1.86. The molecule has 0 fully saturated rings. The van der Waals surface area contributed by atoms with Crippen LogP contribution in [0.2, 0.25) is 10.3 Å². The molecule has 0 spiro atoms. The molecule has 0 saturated carbocycles. The lowest BCUT2D eigenvalue weighted by Gasteiger charge is -2.10. The van der Waals surface area contributed by atoms with Gasteiger partial charge in [-0.15, -0.1) is 10.2 Å². The quantitative estimate of drug-likeness (QED) is 0.831. The molecule has 0 aliphatic rings. The van der Waals surface area contributed by atoms with Gasteiger partial charge in [0.15, 0.2) is 0 Å². The molecular formula is C10H9Cl2N3O. The van der Waals surface area contributed by atoms with Gasteiger partial charge in [-0.05, 0) is 36.7 Å². The highest BCUT2D eigenvalue weighted by atomic mass is 35.5. The Morgan fingerprint density at radius 1 is 1.25 bits per heavy atom. The number of rotatable bonds is 2. The maximum Gasteiger partial charge on any atom is 0.229 e. The molecule has 1 aromatic carbocycles. The van der Waals surface area contributed by atoms with Crippen molar-refractivity contribution in [2.45, 2.75) is 6.92 Å². The van der Waals surface area contributed by atoms with E-state index in [-0.39, 0.29) is 5.28 Å².